The highest BCUT2D eigenvalue weighted by Gasteiger charge is 2.34. The number of piperazine rings is 1. The maximum Gasteiger partial charge on any atom is 0.303 e. The van der Waals surface area contributed by atoms with E-state index in [0.29, 0.717) is 19.4 Å². The summed E-state index contributed by atoms with van der Waals surface area (Å²) in [5.41, 5.74) is 3.72. The monoisotopic (exact) mass is 589 g/mol. The number of carbonyl (C=O) groups excluding carboxylic acids is 1. The van der Waals surface area contributed by atoms with Gasteiger partial charge in [0.1, 0.15) is 0 Å². The van der Waals surface area contributed by atoms with Crippen LogP contribution in [-0.2, 0) is 32.2 Å². The summed E-state index contributed by atoms with van der Waals surface area (Å²) in [5, 5.41) is 21.1. The Labute approximate surface area is 251 Å². The van der Waals surface area contributed by atoms with Crippen molar-refractivity contribution in [3.8, 4) is 0 Å². The molecule has 0 saturated carbocycles. The van der Waals surface area contributed by atoms with Crippen LogP contribution in [0, 0.1) is 0 Å². The van der Waals surface area contributed by atoms with E-state index < -0.39 is 12.3 Å². The van der Waals surface area contributed by atoms with Crippen molar-refractivity contribution in [2.24, 2.45) is 0 Å². The fourth-order valence-electron chi connectivity index (χ4n) is 5.39. The zero-order valence-electron chi connectivity index (χ0n) is 24.2. The molecule has 3 atom stereocenters. The number of ether oxygens (including phenoxy) is 2. The van der Waals surface area contributed by atoms with Crippen LogP contribution in [0.1, 0.15) is 60.3 Å². The Morgan fingerprint density at radius 2 is 1.56 bits per heavy atom. The second-order valence-electron chi connectivity index (χ2n) is 11.0. The minimum absolute atomic E-state index is 0.00466. The van der Waals surface area contributed by atoms with Crippen LogP contribution >= 0.6 is 0 Å². The molecule has 0 unspecified atom stereocenters. The Balaban J connectivity index is 1.21. The Kier molecular flexibility index (Phi) is 10.7. The predicted molar refractivity (Wildman–Crippen MR) is 159 cm³/mol. The molecule has 3 heterocycles. The number of benzene rings is 2. The van der Waals surface area contributed by atoms with Gasteiger partial charge in [0.05, 0.1) is 18.8 Å². The van der Waals surface area contributed by atoms with E-state index in [0.717, 1.165) is 60.9 Å². The molecule has 5 rings (SSSR count). The van der Waals surface area contributed by atoms with Crippen LogP contribution in [-0.4, -0.2) is 75.8 Å². The Morgan fingerprint density at radius 3 is 2.23 bits per heavy atom. The summed E-state index contributed by atoms with van der Waals surface area (Å²) in [6.07, 6.45) is 3.96. The smallest absolute Gasteiger partial charge is 0.303 e. The lowest BCUT2D eigenvalue weighted by molar-refractivity contribution is -0.253. The number of carboxylic acid groups (broad SMARTS) is 1. The molecule has 0 aliphatic carbocycles. The maximum absolute atomic E-state index is 12.0. The van der Waals surface area contributed by atoms with E-state index in [4.69, 9.17) is 14.6 Å². The summed E-state index contributed by atoms with van der Waals surface area (Å²) in [5.74, 6) is -0.306. The number of rotatable bonds is 12. The van der Waals surface area contributed by atoms with Crippen molar-refractivity contribution in [2.45, 2.75) is 57.3 Å². The van der Waals surface area contributed by atoms with Gasteiger partial charge in [-0.2, -0.15) is 0 Å². The highest BCUT2D eigenvalue weighted by molar-refractivity contribution is 5.76. The number of aliphatic hydroxyl groups excluding tert-OH is 1. The van der Waals surface area contributed by atoms with Crippen molar-refractivity contribution in [1.82, 2.24) is 20.2 Å². The Morgan fingerprint density at radius 1 is 0.884 bits per heavy atom. The van der Waals surface area contributed by atoms with Crippen LogP contribution in [0.25, 0.3) is 0 Å². The minimum Gasteiger partial charge on any atom is -0.481 e. The molecule has 11 heteroatoms. The van der Waals surface area contributed by atoms with E-state index in [-0.39, 0.29) is 37.6 Å². The first kappa shape index (κ1) is 30.6. The van der Waals surface area contributed by atoms with Crippen LogP contribution in [0.4, 0.5) is 5.95 Å². The predicted octanol–water partition coefficient (Wildman–Crippen LogP) is 3.21. The average molecular weight is 590 g/mol. The van der Waals surface area contributed by atoms with Crippen molar-refractivity contribution in [3.63, 3.8) is 0 Å². The molecular formula is C32H39N5O6. The number of carboxylic acids is 1. The molecule has 3 N–H and O–H groups in total. The molecule has 0 spiro atoms. The summed E-state index contributed by atoms with van der Waals surface area (Å²) in [6.45, 7) is 4.60. The first-order valence-corrected chi connectivity index (χ1v) is 14.8. The fourth-order valence-corrected chi connectivity index (χ4v) is 5.39. The second kappa shape index (κ2) is 15.0. The van der Waals surface area contributed by atoms with Crippen molar-refractivity contribution in [1.29, 1.82) is 0 Å². The number of nitrogens with zero attached hydrogens (tertiary/aromatic N) is 4. The van der Waals surface area contributed by atoms with Gasteiger partial charge in [-0.1, -0.05) is 48.5 Å². The average Bonchev–Trinajstić information content (AvgIpc) is 3.04. The zero-order valence-corrected chi connectivity index (χ0v) is 24.2. The summed E-state index contributed by atoms with van der Waals surface area (Å²) < 4.78 is 13.0. The Hall–Kier alpha value is -3.90. The van der Waals surface area contributed by atoms with Crippen LogP contribution in [0.5, 0.6) is 0 Å². The van der Waals surface area contributed by atoms with Gasteiger partial charge in [0.2, 0.25) is 11.9 Å². The molecule has 43 heavy (non-hydrogen) atoms. The molecule has 2 aliphatic rings. The highest BCUT2D eigenvalue weighted by Crippen LogP contribution is 2.38. The molecule has 228 valence electrons. The van der Waals surface area contributed by atoms with Crippen molar-refractivity contribution in [3.05, 3.63) is 89.2 Å². The second-order valence-corrected chi connectivity index (χ2v) is 11.0. The molecule has 1 amide bonds. The summed E-state index contributed by atoms with van der Waals surface area (Å²) in [6, 6.07) is 17.5. The molecule has 2 fully saturated rings. The summed E-state index contributed by atoms with van der Waals surface area (Å²) in [4.78, 5) is 36.1. The van der Waals surface area contributed by atoms with Gasteiger partial charge in [-0.15, -0.1) is 0 Å². The third-order valence-electron chi connectivity index (χ3n) is 7.82. The van der Waals surface area contributed by atoms with E-state index in [1.54, 1.807) is 12.4 Å². The zero-order chi connectivity index (χ0) is 30.0. The number of amides is 1. The number of hydrogen-bond donors (Lipinski definition) is 3. The SMILES string of the molecule is O=C(O)CCCC(=O)NCc1ccc([C@@H]2O[C@H](CN3CCN(c4ncccn4)CC3)C[C@H](c3ccc(CO)cc3)O2)cc1. The topological polar surface area (TPSA) is 137 Å². The van der Waals surface area contributed by atoms with Gasteiger partial charge in [-0.25, -0.2) is 9.97 Å². The van der Waals surface area contributed by atoms with E-state index >= 15 is 0 Å². The fraction of sp³-hybridized carbons (Fsp3) is 0.438. The molecule has 2 saturated heterocycles. The van der Waals surface area contributed by atoms with Crippen LogP contribution < -0.4 is 10.2 Å². The third-order valence-corrected chi connectivity index (χ3v) is 7.82. The van der Waals surface area contributed by atoms with E-state index in [1.807, 2.05) is 54.6 Å². The number of aromatic nitrogens is 2. The first-order chi connectivity index (χ1) is 21.0. The van der Waals surface area contributed by atoms with Crippen molar-refractivity contribution < 1.29 is 29.3 Å². The molecule has 2 aromatic carbocycles. The van der Waals surface area contributed by atoms with Gasteiger partial charge < -0.3 is 29.9 Å². The van der Waals surface area contributed by atoms with Gasteiger partial charge in [-0.3, -0.25) is 14.5 Å². The van der Waals surface area contributed by atoms with E-state index in [1.165, 1.54) is 0 Å². The number of anilines is 1. The van der Waals surface area contributed by atoms with Gasteiger partial charge in [0, 0.05) is 76.5 Å². The molecule has 0 radical (unpaired) electrons. The first-order valence-electron chi connectivity index (χ1n) is 14.8. The van der Waals surface area contributed by atoms with Crippen LogP contribution in [0.3, 0.4) is 0 Å². The molecule has 0 bridgehead atoms. The van der Waals surface area contributed by atoms with E-state index in [9.17, 15) is 14.7 Å². The molecular weight excluding hydrogens is 550 g/mol. The molecule has 11 nitrogen and oxygen atoms in total. The van der Waals surface area contributed by atoms with Crippen LogP contribution in [0.15, 0.2) is 67.0 Å². The number of aliphatic hydroxyl groups is 1. The van der Waals surface area contributed by atoms with E-state index in [2.05, 4.69) is 25.1 Å². The lowest BCUT2D eigenvalue weighted by Crippen LogP contribution is -2.50. The number of aliphatic carboxylic acids is 1. The normalized spacial score (nSPS) is 21.0. The van der Waals surface area contributed by atoms with Gasteiger partial charge >= 0.3 is 5.97 Å². The molecule has 3 aromatic rings. The van der Waals surface area contributed by atoms with Crippen molar-refractivity contribution >= 4 is 17.8 Å². The van der Waals surface area contributed by atoms with Crippen molar-refractivity contribution in [2.75, 3.05) is 37.6 Å². The molecule has 1 aromatic heterocycles. The summed E-state index contributed by atoms with van der Waals surface area (Å²) >= 11 is 0. The number of carbonyl (C=O) groups is 2. The maximum atomic E-state index is 12.0. The minimum atomic E-state index is -0.900. The molecule has 2 aliphatic heterocycles. The number of nitrogens with one attached hydrogen (secondary N) is 1. The number of hydrogen-bond acceptors (Lipinski definition) is 9. The largest absolute Gasteiger partial charge is 0.481 e. The standard InChI is InChI=1S/C32H39N5O6/c38-22-24-7-9-25(10-8-24)28-19-27(21-36-15-17-37(18-16-36)32-33-13-2-14-34-32)42-31(43-28)26-11-5-23(6-12-26)20-35-29(39)3-1-4-30(40)41/h2,5-14,27-28,31,38H,1,3-4,15-22H2,(H,35,39)(H,40,41)/t27-,28+,31+/m0/s1. The quantitative estimate of drug-likeness (QED) is 0.289. The lowest BCUT2D eigenvalue weighted by Gasteiger charge is -2.40. The van der Waals surface area contributed by atoms with Gasteiger partial charge in [0.25, 0.3) is 0 Å². The third kappa shape index (κ3) is 8.80. The summed E-state index contributed by atoms with van der Waals surface area (Å²) in [7, 11) is 0. The van der Waals surface area contributed by atoms with Crippen LogP contribution in [0.2, 0.25) is 0 Å². The van der Waals surface area contributed by atoms with Gasteiger partial charge in [0.15, 0.2) is 6.29 Å². The Bertz CT molecular complexity index is 1320. The van der Waals surface area contributed by atoms with Gasteiger partial charge in [-0.05, 0) is 29.2 Å². The lowest BCUT2D eigenvalue weighted by atomic mass is 9.99. The highest BCUT2D eigenvalue weighted by atomic mass is 16.7.